The topological polar surface area (TPSA) is 106 Å². The Hall–Kier alpha value is -3.68. The Balaban J connectivity index is 0.978. The molecule has 8 aliphatic rings. The van der Waals surface area contributed by atoms with E-state index in [0.717, 1.165) is 40.1 Å². The van der Waals surface area contributed by atoms with E-state index in [1.54, 1.807) is 12.2 Å². The summed E-state index contributed by atoms with van der Waals surface area (Å²) in [5.74, 6) is 0.535. The second-order valence-corrected chi connectivity index (χ2v) is 14.1. The number of carbonyl (C=O) groups excluding carboxylic acids is 4. The maximum Gasteiger partial charge on any atom is 0.233 e. The van der Waals surface area contributed by atoms with Crippen molar-refractivity contribution in [3.63, 3.8) is 0 Å². The fraction of sp³-hybridized carbons (Fsp3) is 0.500. The summed E-state index contributed by atoms with van der Waals surface area (Å²) in [6.07, 6.45) is 9.79. The van der Waals surface area contributed by atoms with E-state index in [1.807, 2.05) is 36.0 Å². The lowest BCUT2D eigenvalue weighted by Gasteiger charge is -2.69. The highest BCUT2D eigenvalue weighted by atomic mass is 16.2. The van der Waals surface area contributed by atoms with E-state index >= 15 is 0 Å². The van der Waals surface area contributed by atoms with E-state index < -0.39 is 16.2 Å². The van der Waals surface area contributed by atoms with Gasteiger partial charge in [-0.05, 0) is 80.5 Å². The Bertz CT molecular complexity index is 1720. The minimum Gasteiger partial charge on any atom is -0.358 e. The Morgan fingerprint density at radius 1 is 0.825 bits per heavy atom. The summed E-state index contributed by atoms with van der Waals surface area (Å²) in [5, 5.41) is 0. The van der Waals surface area contributed by atoms with Crippen LogP contribution in [0.3, 0.4) is 0 Å². The van der Waals surface area contributed by atoms with E-state index in [0.29, 0.717) is 49.7 Å². The average molecular weight is 537 g/mol. The van der Waals surface area contributed by atoms with Gasteiger partial charge in [-0.2, -0.15) is 0 Å². The molecule has 6 aliphatic carbocycles. The largest absolute Gasteiger partial charge is 0.358 e. The fourth-order valence-electron chi connectivity index (χ4n) is 10.0. The number of nitrogens with zero attached hydrogens (tertiary/aromatic N) is 2. The number of ketones is 2. The zero-order chi connectivity index (χ0) is 27.7. The van der Waals surface area contributed by atoms with Crippen molar-refractivity contribution in [2.24, 2.45) is 22.7 Å². The van der Waals surface area contributed by atoms with E-state index in [4.69, 9.17) is 0 Å². The third-order valence-electron chi connectivity index (χ3n) is 12.1. The molecule has 1 spiro atoms. The molecule has 8 heteroatoms. The summed E-state index contributed by atoms with van der Waals surface area (Å²) >= 11 is 0. The number of aromatic nitrogens is 2. The molecule has 2 saturated heterocycles. The molecule has 4 heterocycles. The molecule has 2 bridgehead atoms. The number of H-pyrrole nitrogens is 2. The standard InChI is InChI=1S/C32H32N4O4/c1-15-8-33-25-19(37)5-21-29(4,23(15)25)17(3)10-35(21)27(39)30-12-31(13-30,14-30)28(40)36-11-18-7-32(18)22(36)6-20(38)26-24(32)16(2)9-34-26/h5-6,8-9,17-18,33-34H,7,10-14H2,1-4H3/t17-,18-,29?,30?,31?,32?/m1/s1. The maximum absolute atomic E-state index is 14.1. The van der Waals surface area contributed by atoms with E-state index in [-0.39, 0.29) is 34.7 Å². The van der Waals surface area contributed by atoms with Crippen LogP contribution in [0.1, 0.15) is 82.8 Å². The van der Waals surface area contributed by atoms with Crippen LogP contribution >= 0.6 is 0 Å². The van der Waals surface area contributed by atoms with Crippen LogP contribution in [0.15, 0.2) is 35.9 Å². The second kappa shape index (κ2) is 6.45. The van der Waals surface area contributed by atoms with Crippen LogP contribution in [0.2, 0.25) is 0 Å². The number of nitrogens with one attached hydrogen (secondary N) is 2. The number of rotatable bonds is 2. The van der Waals surface area contributed by atoms with Gasteiger partial charge >= 0.3 is 0 Å². The van der Waals surface area contributed by atoms with Crippen molar-refractivity contribution >= 4 is 23.4 Å². The van der Waals surface area contributed by atoms with Crippen LogP contribution in [-0.4, -0.2) is 56.2 Å². The van der Waals surface area contributed by atoms with Gasteiger partial charge < -0.3 is 19.8 Å². The highest BCUT2D eigenvalue weighted by molar-refractivity contribution is 6.10. The van der Waals surface area contributed by atoms with Gasteiger partial charge in [0.05, 0.1) is 22.2 Å². The van der Waals surface area contributed by atoms with Crippen LogP contribution < -0.4 is 0 Å². The molecular weight excluding hydrogens is 504 g/mol. The SMILES string of the molecule is Cc1c[nH]c2c1C1(C)C(=CC2=O)N(C(=O)C23CC(C(=O)N4C[C@H]5CC56C4=CC(=O)c4[nH]cc(C)c46)(C2)C3)C[C@H]1C. The number of aryl methyl sites for hydroxylation is 2. The Morgan fingerprint density at radius 3 is 1.98 bits per heavy atom. The Labute approximate surface area is 231 Å². The van der Waals surface area contributed by atoms with Crippen molar-refractivity contribution in [1.82, 2.24) is 19.8 Å². The average Bonchev–Trinajstić information content (AvgIpc) is 3.17. The first-order valence-electron chi connectivity index (χ1n) is 14.5. The summed E-state index contributed by atoms with van der Waals surface area (Å²) in [7, 11) is 0. The number of carbonyl (C=O) groups is 4. The van der Waals surface area contributed by atoms with Gasteiger partial charge in [-0.1, -0.05) is 6.92 Å². The van der Waals surface area contributed by atoms with Crippen LogP contribution in [0.25, 0.3) is 0 Å². The normalized spacial score (nSPS) is 39.3. The van der Waals surface area contributed by atoms with Crippen molar-refractivity contribution in [2.75, 3.05) is 13.1 Å². The van der Waals surface area contributed by atoms with Gasteiger partial charge in [0.2, 0.25) is 23.4 Å². The number of hydrogen-bond donors (Lipinski definition) is 2. The monoisotopic (exact) mass is 536 g/mol. The van der Waals surface area contributed by atoms with Gasteiger partial charge in [0, 0.05) is 59.9 Å². The Kier molecular flexibility index (Phi) is 3.72. The predicted molar refractivity (Wildman–Crippen MR) is 144 cm³/mol. The molecule has 2 amide bonds. The number of hydrogen-bond acceptors (Lipinski definition) is 4. The molecule has 10 rings (SSSR count). The van der Waals surface area contributed by atoms with Crippen LogP contribution in [-0.2, 0) is 20.4 Å². The maximum atomic E-state index is 14.1. The molecule has 4 saturated carbocycles. The molecule has 8 nitrogen and oxygen atoms in total. The highest BCUT2D eigenvalue weighted by Gasteiger charge is 2.78. The van der Waals surface area contributed by atoms with Gasteiger partial charge in [-0.25, -0.2) is 0 Å². The molecule has 2 aromatic rings. The number of amides is 2. The third-order valence-corrected chi connectivity index (χ3v) is 12.1. The minimum absolute atomic E-state index is 0.0550. The van der Waals surface area contributed by atoms with Gasteiger partial charge in [-0.3, -0.25) is 19.2 Å². The van der Waals surface area contributed by atoms with Gasteiger partial charge in [0.1, 0.15) is 0 Å². The number of aromatic amines is 2. The summed E-state index contributed by atoms with van der Waals surface area (Å²) < 4.78 is 0. The zero-order valence-corrected chi connectivity index (χ0v) is 23.2. The molecule has 2 aromatic heterocycles. The van der Waals surface area contributed by atoms with Gasteiger partial charge in [-0.15, -0.1) is 0 Å². The lowest BCUT2D eigenvalue weighted by Crippen LogP contribution is -2.72. The fourth-order valence-corrected chi connectivity index (χ4v) is 10.0. The summed E-state index contributed by atoms with van der Waals surface area (Å²) in [5.41, 5.74) is 5.58. The first-order chi connectivity index (χ1) is 19.0. The van der Waals surface area contributed by atoms with E-state index in [9.17, 15) is 19.2 Å². The lowest BCUT2D eigenvalue weighted by atomic mass is 9.34. The van der Waals surface area contributed by atoms with Crippen molar-refractivity contribution < 1.29 is 19.2 Å². The molecule has 0 aromatic carbocycles. The van der Waals surface area contributed by atoms with Crippen LogP contribution in [0.4, 0.5) is 0 Å². The predicted octanol–water partition coefficient (Wildman–Crippen LogP) is 3.83. The van der Waals surface area contributed by atoms with E-state index in [2.05, 4.69) is 23.8 Å². The molecule has 204 valence electrons. The summed E-state index contributed by atoms with van der Waals surface area (Å²) in [4.78, 5) is 64.2. The third kappa shape index (κ3) is 2.21. The first kappa shape index (κ1) is 23.1. The Morgan fingerprint density at radius 2 is 1.35 bits per heavy atom. The minimum atomic E-state index is -0.528. The molecule has 2 N–H and O–H groups in total. The summed E-state index contributed by atoms with van der Waals surface area (Å²) in [6, 6.07) is 0. The number of likely N-dealkylation sites (tertiary alicyclic amines) is 2. The number of piperidine rings is 1. The van der Waals surface area contributed by atoms with E-state index in [1.165, 1.54) is 0 Å². The molecule has 4 atom stereocenters. The van der Waals surface area contributed by atoms with Gasteiger partial charge in [0.25, 0.3) is 0 Å². The zero-order valence-electron chi connectivity index (χ0n) is 23.2. The van der Waals surface area contributed by atoms with Crippen molar-refractivity contribution in [3.8, 4) is 0 Å². The second-order valence-electron chi connectivity index (χ2n) is 14.1. The molecule has 6 fully saturated rings. The van der Waals surface area contributed by atoms with Crippen LogP contribution in [0.5, 0.6) is 0 Å². The molecule has 40 heavy (non-hydrogen) atoms. The lowest BCUT2D eigenvalue weighted by molar-refractivity contribution is -0.219. The molecule has 2 aliphatic heterocycles. The van der Waals surface area contributed by atoms with Crippen molar-refractivity contribution in [1.29, 1.82) is 0 Å². The molecule has 2 unspecified atom stereocenters. The number of fused-ring (bicyclic) bond motifs is 4. The summed E-state index contributed by atoms with van der Waals surface area (Å²) in [6.45, 7) is 9.59. The number of allylic oxidation sites excluding steroid dienone is 4. The first-order valence-corrected chi connectivity index (χ1v) is 14.5. The quantitative estimate of drug-likeness (QED) is 0.609. The molecular formula is C32H32N4O4. The van der Waals surface area contributed by atoms with Crippen molar-refractivity contribution in [3.05, 3.63) is 69.6 Å². The highest BCUT2D eigenvalue weighted by Crippen LogP contribution is 2.76. The van der Waals surface area contributed by atoms with Crippen LogP contribution in [0, 0.1) is 36.5 Å². The van der Waals surface area contributed by atoms with Gasteiger partial charge in [0.15, 0.2) is 0 Å². The molecule has 0 radical (unpaired) electrons. The van der Waals surface area contributed by atoms with Crippen molar-refractivity contribution in [2.45, 2.75) is 64.2 Å². The smallest absolute Gasteiger partial charge is 0.233 e.